The van der Waals surface area contributed by atoms with Crippen LogP contribution in [0.1, 0.15) is 11.4 Å². The topological polar surface area (TPSA) is 96.5 Å². The molecule has 3 aromatic rings. The van der Waals surface area contributed by atoms with Crippen molar-refractivity contribution in [3.8, 4) is 5.69 Å². The van der Waals surface area contributed by atoms with Crippen LogP contribution < -0.4 is 10.2 Å². The lowest BCUT2D eigenvalue weighted by Gasteiger charge is -2.36. The van der Waals surface area contributed by atoms with Gasteiger partial charge in [0.15, 0.2) is 0 Å². The molecule has 9 nitrogen and oxygen atoms in total. The summed E-state index contributed by atoms with van der Waals surface area (Å²) in [7, 11) is 0. The largest absolute Gasteiger partial charge is 0.368 e. The van der Waals surface area contributed by atoms with Gasteiger partial charge in [0.1, 0.15) is 0 Å². The Bertz CT molecular complexity index is 1100. The van der Waals surface area contributed by atoms with E-state index in [1.165, 1.54) is 12.1 Å². The highest BCUT2D eigenvalue weighted by Crippen LogP contribution is 2.21. The minimum atomic E-state index is -0.407. The molecule has 2 aromatic carbocycles. The zero-order chi connectivity index (χ0) is 22.0. The smallest absolute Gasteiger partial charge is 0.321 e. The summed E-state index contributed by atoms with van der Waals surface area (Å²) in [5.74, 6) is 0. The summed E-state index contributed by atoms with van der Waals surface area (Å²) in [6.45, 7) is 6.41. The van der Waals surface area contributed by atoms with Crippen molar-refractivity contribution in [1.82, 2.24) is 14.7 Å². The highest BCUT2D eigenvalue weighted by Gasteiger charge is 2.22. The number of carbonyl (C=O) groups is 1. The van der Waals surface area contributed by atoms with Gasteiger partial charge in [-0.15, -0.1) is 0 Å². The van der Waals surface area contributed by atoms with E-state index in [2.05, 4.69) is 15.3 Å². The molecule has 1 saturated heterocycles. The van der Waals surface area contributed by atoms with Gasteiger partial charge in [-0.1, -0.05) is 6.07 Å². The number of nitro benzene ring substituents is 1. The number of non-ortho nitro benzene ring substituents is 1. The van der Waals surface area contributed by atoms with Crippen LogP contribution in [0.3, 0.4) is 0 Å². The molecule has 0 radical (unpaired) electrons. The van der Waals surface area contributed by atoms with E-state index in [1.54, 1.807) is 17.0 Å². The van der Waals surface area contributed by atoms with Gasteiger partial charge in [0.2, 0.25) is 0 Å². The van der Waals surface area contributed by atoms with E-state index < -0.39 is 4.92 Å². The number of hydrogen-bond donors (Lipinski definition) is 1. The van der Waals surface area contributed by atoms with Gasteiger partial charge < -0.3 is 15.1 Å². The lowest BCUT2D eigenvalue weighted by molar-refractivity contribution is -0.384. The number of anilines is 2. The van der Waals surface area contributed by atoms with Gasteiger partial charge in [0.25, 0.3) is 5.69 Å². The van der Waals surface area contributed by atoms with Crippen molar-refractivity contribution in [3.05, 3.63) is 76.1 Å². The number of nitrogens with zero attached hydrogens (tertiary/aromatic N) is 5. The quantitative estimate of drug-likeness (QED) is 0.512. The summed E-state index contributed by atoms with van der Waals surface area (Å²) in [5, 5.41) is 18.3. The Kier molecular flexibility index (Phi) is 5.57. The van der Waals surface area contributed by atoms with Crippen LogP contribution in [0.2, 0.25) is 0 Å². The van der Waals surface area contributed by atoms with Crippen LogP contribution >= 0.6 is 0 Å². The van der Waals surface area contributed by atoms with Crippen LogP contribution in [0, 0.1) is 24.0 Å². The molecule has 9 heteroatoms. The Labute approximate surface area is 180 Å². The van der Waals surface area contributed by atoms with Crippen LogP contribution in [0.5, 0.6) is 0 Å². The van der Waals surface area contributed by atoms with Crippen LogP contribution in [-0.2, 0) is 0 Å². The SMILES string of the molecule is Cc1cc(C)n(-c2cccc(NC(=O)N3CCN(c4ccc([N+](=O)[O-])cc4)CC3)c2)n1. The van der Waals surface area contributed by atoms with E-state index in [1.807, 2.05) is 48.9 Å². The monoisotopic (exact) mass is 420 g/mol. The van der Waals surface area contributed by atoms with E-state index in [4.69, 9.17) is 0 Å². The fraction of sp³-hybridized carbons (Fsp3) is 0.273. The van der Waals surface area contributed by atoms with Gasteiger partial charge in [-0.2, -0.15) is 5.10 Å². The molecule has 0 aliphatic carbocycles. The first-order chi connectivity index (χ1) is 14.9. The lowest BCUT2D eigenvalue weighted by atomic mass is 10.2. The summed E-state index contributed by atoms with van der Waals surface area (Å²) in [5.41, 5.74) is 4.58. The lowest BCUT2D eigenvalue weighted by Crippen LogP contribution is -2.50. The zero-order valence-electron chi connectivity index (χ0n) is 17.5. The maximum Gasteiger partial charge on any atom is 0.321 e. The summed E-state index contributed by atoms with van der Waals surface area (Å²) in [6, 6.07) is 16.0. The maximum absolute atomic E-state index is 12.7. The number of hydrogen-bond acceptors (Lipinski definition) is 5. The second-order valence-corrected chi connectivity index (χ2v) is 7.57. The van der Waals surface area contributed by atoms with Crippen molar-refractivity contribution in [2.24, 2.45) is 0 Å². The fourth-order valence-corrected chi connectivity index (χ4v) is 3.76. The molecule has 0 saturated carbocycles. The van der Waals surface area contributed by atoms with Gasteiger partial charge >= 0.3 is 6.03 Å². The zero-order valence-corrected chi connectivity index (χ0v) is 17.5. The number of piperazine rings is 1. The molecule has 0 unspecified atom stereocenters. The number of nitrogens with one attached hydrogen (secondary N) is 1. The molecule has 1 aliphatic rings. The number of amides is 2. The van der Waals surface area contributed by atoms with Gasteiger partial charge in [0, 0.05) is 55.4 Å². The number of nitro groups is 1. The van der Waals surface area contributed by atoms with Gasteiger partial charge in [-0.25, -0.2) is 9.48 Å². The van der Waals surface area contributed by atoms with Crippen molar-refractivity contribution in [2.75, 3.05) is 36.4 Å². The van der Waals surface area contributed by atoms with E-state index in [-0.39, 0.29) is 11.7 Å². The Morgan fingerprint density at radius 1 is 1.00 bits per heavy atom. The van der Waals surface area contributed by atoms with E-state index >= 15 is 0 Å². The number of aryl methyl sites for hydroxylation is 2. The third-order valence-electron chi connectivity index (χ3n) is 5.34. The molecule has 2 heterocycles. The Balaban J connectivity index is 1.37. The number of aromatic nitrogens is 2. The molecule has 2 amide bonds. The maximum atomic E-state index is 12.7. The highest BCUT2D eigenvalue weighted by atomic mass is 16.6. The summed E-state index contributed by atoms with van der Waals surface area (Å²) in [6.07, 6.45) is 0. The van der Waals surface area contributed by atoms with E-state index in [0.717, 1.165) is 22.8 Å². The van der Waals surface area contributed by atoms with Crippen molar-refractivity contribution in [3.63, 3.8) is 0 Å². The van der Waals surface area contributed by atoms with Gasteiger partial charge in [-0.3, -0.25) is 10.1 Å². The number of carbonyl (C=O) groups excluding carboxylic acids is 1. The van der Waals surface area contributed by atoms with Crippen molar-refractivity contribution in [1.29, 1.82) is 0 Å². The number of benzene rings is 2. The molecule has 0 spiro atoms. The minimum absolute atomic E-state index is 0.0736. The van der Waals surface area contributed by atoms with Crippen LogP contribution in [0.4, 0.5) is 21.9 Å². The van der Waals surface area contributed by atoms with Crippen LogP contribution in [0.15, 0.2) is 54.6 Å². The average Bonchev–Trinajstić information content (AvgIpc) is 3.12. The predicted molar refractivity (Wildman–Crippen MR) is 119 cm³/mol. The Morgan fingerprint density at radius 2 is 1.71 bits per heavy atom. The van der Waals surface area contributed by atoms with Gasteiger partial charge in [-0.05, 0) is 50.2 Å². The molecule has 4 rings (SSSR count). The molecular weight excluding hydrogens is 396 g/mol. The molecule has 1 aromatic heterocycles. The van der Waals surface area contributed by atoms with E-state index in [9.17, 15) is 14.9 Å². The first kappa shape index (κ1) is 20.4. The molecule has 1 fully saturated rings. The standard InChI is InChI=1S/C22H24N6O3/c1-16-14-17(2)27(24-16)21-5-3-4-18(15-21)23-22(29)26-12-10-25(11-13-26)19-6-8-20(9-7-19)28(30)31/h3-9,14-15H,10-13H2,1-2H3,(H,23,29). The first-order valence-electron chi connectivity index (χ1n) is 10.1. The van der Waals surface area contributed by atoms with Gasteiger partial charge in [0.05, 0.1) is 16.3 Å². The van der Waals surface area contributed by atoms with Crippen LogP contribution in [0.25, 0.3) is 5.69 Å². The minimum Gasteiger partial charge on any atom is -0.368 e. The normalized spacial score (nSPS) is 13.9. The first-order valence-corrected chi connectivity index (χ1v) is 10.1. The average molecular weight is 420 g/mol. The molecule has 1 N–H and O–H groups in total. The molecule has 160 valence electrons. The van der Waals surface area contributed by atoms with Crippen molar-refractivity contribution >= 4 is 23.1 Å². The summed E-state index contributed by atoms with van der Waals surface area (Å²) in [4.78, 5) is 27.1. The summed E-state index contributed by atoms with van der Waals surface area (Å²) >= 11 is 0. The number of urea groups is 1. The third kappa shape index (κ3) is 4.50. The van der Waals surface area contributed by atoms with Crippen molar-refractivity contribution in [2.45, 2.75) is 13.8 Å². The number of rotatable bonds is 4. The molecular formula is C22H24N6O3. The molecule has 0 bridgehead atoms. The van der Waals surface area contributed by atoms with E-state index in [0.29, 0.717) is 31.9 Å². The fourth-order valence-electron chi connectivity index (χ4n) is 3.76. The third-order valence-corrected chi connectivity index (χ3v) is 5.34. The second kappa shape index (κ2) is 8.47. The second-order valence-electron chi connectivity index (χ2n) is 7.57. The molecule has 31 heavy (non-hydrogen) atoms. The van der Waals surface area contributed by atoms with Crippen LogP contribution in [-0.4, -0.2) is 51.8 Å². The molecule has 0 atom stereocenters. The molecule has 1 aliphatic heterocycles. The van der Waals surface area contributed by atoms with Crippen molar-refractivity contribution < 1.29 is 9.72 Å². The summed E-state index contributed by atoms with van der Waals surface area (Å²) < 4.78 is 1.86. The Morgan fingerprint density at radius 3 is 2.32 bits per heavy atom. The Hall–Kier alpha value is -3.88. The predicted octanol–water partition coefficient (Wildman–Crippen LogP) is 3.75. The highest BCUT2D eigenvalue weighted by molar-refractivity contribution is 5.89.